The Kier molecular flexibility index (Phi) is 5.46. The van der Waals surface area contributed by atoms with Gasteiger partial charge in [-0.05, 0) is 26.2 Å². The smallest absolute Gasteiger partial charge is 0.222 e. The van der Waals surface area contributed by atoms with Crippen molar-refractivity contribution in [3.05, 3.63) is 0 Å². The molecule has 0 radical (unpaired) electrons. The van der Waals surface area contributed by atoms with Gasteiger partial charge in [-0.25, -0.2) is 0 Å². The van der Waals surface area contributed by atoms with E-state index in [-0.39, 0.29) is 17.7 Å². The molecule has 92 valence electrons. The van der Waals surface area contributed by atoms with Crippen molar-refractivity contribution in [1.82, 2.24) is 4.90 Å². The van der Waals surface area contributed by atoms with Gasteiger partial charge in [0.2, 0.25) is 5.91 Å². The van der Waals surface area contributed by atoms with Crippen molar-refractivity contribution in [3.63, 3.8) is 0 Å². The standard InChI is InChI=1S/C12H21NO3/c1-10(14)9-11-5-3-7-13(11)12(15)6-4-8-16-2/h11H,3-9H2,1-2H3. The molecule has 1 saturated heterocycles. The van der Waals surface area contributed by atoms with Gasteiger partial charge in [-0.3, -0.25) is 9.59 Å². The molecule has 0 N–H and O–H groups in total. The van der Waals surface area contributed by atoms with Gasteiger partial charge in [-0.2, -0.15) is 0 Å². The Hall–Kier alpha value is -0.900. The van der Waals surface area contributed by atoms with Crippen LogP contribution in [0.1, 0.15) is 39.0 Å². The summed E-state index contributed by atoms with van der Waals surface area (Å²) in [7, 11) is 1.64. The number of nitrogens with zero attached hydrogens (tertiary/aromatic N) is 1. The summed E-state index contributed by atoms with van der Waals surface area (Å²) in [5.74, 6) is 0.336. The number of methoxy groups -OCH3 is 1. The first-order chi connectivity index (χ1) is 7.65. The highest BCUT2D eigenvalue weighted by molar-refractivity contribution is 5.80. The minimum atomic E-state index is 0.146. The number of ketones is 1. The number of rotatable bonds is 6. The lowest BCUT2D eigenvalue weighted by Gasteiger charge is -2.23. The Morgan fingerprint density at radius 3 is 2.81 bits per heavy atom. The lowest BCUT2D eigenvalue weighted by atomic mass is 10.1. The third-order valence-electron chi connectivity index (χ3n) is 2.96. The number of carbonyl (C=O) groups is 2. The van der Waals surface area contributed by atoms with Crippen LogP contribution in [0, 0.1) is 0 Å². The van der Waals surface area contributed by atoms with Gasteiger partial charge in [0, 0.05) is 39.1 Å². The van der Waals surface area contributed by atoms with Crippen LogP contribution in [0.2, 0.25) is 0 Å². The van der Waals surface area contributed by atoms with Gasteiger partial charge in [-0.15, -0.1) is 0 Å². The summed E-state index contributed by atoms with van der Waals surface area (Å²) < 4.78 is 4.92. The molecular formula is C12H21NO3. The van der Waals surface area contributed by atoms with Crippen molar-refractivity contribution >= 4 is 11.7 Å². The topological polar surface area (TPSA) is 46.6 Å². The van der Waals surface area contributed by atoms with E-state index in [9.17, 15) is 9.59 Å². The summed E-state index contributed by atoms with van der Waals surface area (Å²) in [5, 5.41) is 0. The van der Waals surface area contributed by atoms with E-state index in [0.29, 0.717) is 19.4 Å². The second-order valence-corrected chi connectivity index (χ2v) is 4.39. The van der Waals surface area contributed by atoms with Gasteiger partial charge in [0.05, 0.1) is 0 Å². The minimum absolute atomic E-state index is 0.146. The number of amides is 1. The van der Waals surface area contributed by atoms with Crippen LogP contribution in [0.4, 0.5) is 0 Å². The van der Waals surface area contributed by atoms with Gasteiger partial charge >= 0.3 is 0 Å². The number of Topliss-reactive ketones (excluding diaryl/α,β-unsaturated/α-hetero) is 1. The van der Waals surface area contributed by atoms with Gasteiger partial charge in [-0.1, -0.05) is 0 Å². The molecule has 0 spiro atoms. The monoisotopic (exact) mass is 227 g/mol. The average molecular weight is 227 g/mol. The molecule has 16 heavy (non-hydrogen) atoms. The van der Waals surface area contributed by atoms with E-state index >= 15 is 0 Å². The summed E-state index contributed by atoms with van der Waals surface area (Å²) in [6.07, 6.45) is 3.79. The van der Waals surface area contributed by atoms with E-state index in [0.717, 1.165) is 25.8 Å². The van der Waals surface area contributed by atoms with E-state index in [4.69, 9.17) is 4.74 Å². The SMILES string of the molecule is COCCCC(=O)N1CCCC1CC(C)=O. The number of hydrogen-bond donors (Lipinski definition) is 0. The highest BCUT2D eigenvalue weighted by Gasteiger charge is 2.28. The summed E-state index contributed by atoms with van der Waals surface area (Å²) in [4.78, 5) is 24.8. The molecule has 1 rings (SSSR count). The molecule has 0 saturated carbocycles. The predicted molar refractivity (Wildman–Crippen MR) is 61.1 cm³/mol. The lowest BCUT2D eigenvalue weighted by Crippen LogP contribution is -2.36. The predicted octanol–water partition coefficient (Wildman–Crippen LogP) is 1.38. The van der Waals surface area contributed by atoms with Crippen LogP contribution in [0.15, 0.2) is 0 Å². The van der Waals surface area contributed by atoms with Gasteiger partial charge in [0.1, 0.15) is 5.78 Å². The van der Waals surface area contributed by atoms with Crippen molar-refractivity contribution in [3.8, 4) is 0 Å². The molecule has 1 aliphatic heterocycles. The first-order valence-electron chi connectivity index (χ1n) is 5.93. The van der Waals surface area contributed by atoms with E-state index in [1.807, 2.05) is 4.90 Å². The molecule has 1 heterocycles. The van der Waals surface area contributed by atoms with E-state index in [1.165, 1.54) is 0 Å². The second-order valence-electron chi connectivity index (χ2n) is 4.39. The Morgan fingerprint density at radius 1 is 1.44 bits per heavy atom. The minimum Gasteiger partial charge on any atom is -0.385 e. The number of ether oxygens (including phenoxy) is 1. The van der Waals surface area contributed by atoms with Crippen molar-refractivity contribution in [2.24, 2.45) is 0 Å². The van der Waals surface area contributed by atoms with Gasteiger partial charge in [0.15, 0.2) is 0 Å². The number of likely N-dealkylation sites (tertiary alicyclic amines) is 1. The molecule has 0 bridgehead atoms. The maximum absolute atomic E-state index is 11.9. The largest absolute Gasteiger partial charge is 0.385 e. The van der Waals surface area contributed by atoms with Crippen LogP contribution in [-0.2, 0) is 14.3 Å². The van der Waals surface area contributed by atoms with Crippen LogP contribution in [0.3, 0.4) is 0 Å². The van der Waals surface area contributed by atoms with E-state index < -0.39 is 0 Å². The van der Waals surface area contributed by atoms with Crippen molar-refractivity contribution < 1.29 is 14.3 Å². The molecule has 0 aromatic rings. The van der Waals surface area contributed by atoms with Crippen LogP contribution in [-0.4, -0.2) is 42.9 Å². The molecule has 0 aliphatic carbocycles. The molecule has 0 aromatic carbocycles. The normalized spacial score (nSPS) is 20.1. The zero-order valence-electron chi connectivity index (χ0n) is 10.2. The third-order valence-corrected chi connectivity index (χ3v) is 2.96. The summed E-state index contributed by atoms with van der Waals surface area (Å²) in [6.45, 7) is 3.02. The highest BCUT2D eigenvalue weighted by Crippen LogP contribution is 2.21. The van der Waals surface area contributed by atoms with Crippen molar-refractivity contribution in [1.29, 1.82) is 0 Å². The zero-order chi connectivity index (χ0) is 12.0. The van der Waals surface area contributed by atoms with Crippen LogP contribution in [0.5, 0.6) is 0 Å². The molecule has 1 unspecified atom stereocenters. The number of carbonyl (C=O) groups excluding carboxylic acids is 2. The highest BCUT2D eigenvalue weighted by atomic mass is 16.5. The van der Waals surface area contributed by atoms with Gasteiger partial charge < -0.3 is 9.64 Å². The maximum Gasteiger partial charge on any atom is 0.222 e. The fourth-order valence-corrected chi connectivity index (χ4v) is 2.22. The zero-order valence-corrected chi connectivity index (χ0v) is 10.2. The molecular weight excluding hydrogens is 206 g/mol. The Labute approximate surface area is 96.9 Å². The fraction of sp³-hybridized carbons (Fsp3) is 0.833. The Morgan fingerprint density at radius 2 is 2.19 bits per heavy atom. The molecule has 4 heteroatoms. The maximum atomic E-state index is 11.9. The quantitative estimate of drug-likeness (QED) is 0.644. The summed E-state index contributed by atoms with van der Waals surface area (Å²) >= 11 is 0. The van der Waals surface area contributed by atoms with E-state index in [2.05, 4.69) is 0 Å². The van der Waals surface area contributed by atoms with Crippen molar-refractivity contribution in [2.75, 3.05) is 20.3 Å². The van der Waals surface area contributed by atoms with Crippen LogP contribution in [0.25, 0.3) is 0 Å². The van der Waals surface area contributed by atoms with Crippen LogP contribution >= 0.6 is 0 Å². The summed E-state index contributed by atoms with van der Waals surface area (Å²) in [5.41, 5.74) is 0. The van der Waals surface area contributed by atoms with Crippen molar-refractivity contribution in [2.45, 2.75) is 45.1 Å². The summed E-state index contributed by atoms with van der Waals surface area (Å²) in [6, 6.07) is 0.146. The van der Waals surface area contributed by atoms with E-state index in [1.54, 1.807) is 14.0 Å². The molecule has 1 amide bonds. The average Bonchev–Trinajstić information content (AvgIpc) is 2.65. The third kappa shape index (κ3) is 3.93. The first-order valence-corrected chi connectivity index (χ1v) is 5.93. The Bertz CT molecular complexity index is 253. The van der Waals surface area contributed by atoms with Crippen LogP contribution < -0.4 is 0 Å². The molecule has 1 atom stereocenters. The fourth-order valence-electron chi connectivity index (χ4n) is 2.22. The molecule has 4 nitrogen and oxygen atoms in total. The molecule has 0 aromatic heterocycles. The molecule has 1 fully saturated rings. The first kappa shape index (κ1) is 13.2. The second kappa shape index (κ2) is 6.63. The lowest BCUT2D eigenvalue weighted by molar-refractivity contribution is -0.133. The van der Waals surface area contributed by atoms with Gasteiger partial charge in [0.25, 0.3) is 0 Å². The number of hydrogen-bond acceptors (Lipinski definition) is 3. The molecule has 1 aliphatic rings. The Balaban J connectivity index is 2.38.